The molecule has 1 heterocycles. The monoisotopic (exact) mass is 326 g/mol. The molecule has 0 spiro atoms. The molecule has 0 aliphatic carbocycles. The largest absolute Gasteiger partial charge is 0.491 e. The first-order valence-corrected chi connectivity index (χ1v) is 8.05. The Bertz CT molecular complexity index is 388. The second-order valence-corrected chi connectivity index (χ2v) is 6.39. The highest BCUT2D eigenvalue weighted by Gasteiger charge is 2.32. The van der Waals surface area contributed by atoms with Crippen LogP contribution in [0.4, 0.5) is 0 Å². The Labute approximate surface area is 124 Å². The topological polar surface area (TPSA) is 18.5 Å². The average molecular weight is 327 g/mol. The van der Waals surface area contributed by atoms with E-state index in [1.165, 1.54) is 5.56 Å². The van der Waals surface area contributed by atoms with Crippen molar-refractivity contribution < 1.29 is 9.47 Å². The molecule has 0 bridgehead atoms. The van der Waals surface area contributed by atoms with Crippen molar-refractivity contribution in [3.8, 4) is 5.75 Å². The van der Waals surface area contributed by atoms with Crippen LogP contribution in [0, 0.1) is 5.92 Å². The zero-order valence-corrected chi connectivity index (χ0v) is 13.5. The van der Waals surface area contributed by atoms with Crippen molar-refractivity contribution in [2.45, 2.75) is 50.6 Å². The number of ether oxygens (including phenoxy) is 2. The highest BCUT2D eigenvalue weighted by atomic mass is 79.9. The van der Waals surface area contributed by atoms with Crippen molar-refractivity contribution in [3.63, 3.8) is 0 Å². The molecule has 0 amide bonds. The van der Waals surface area contributed by atoms with Crippen LogP contribution < -0.4 is 4.74 Å². The molecule has 19 heavy (non-hydrogen) atoms. The Kier molecular flexibility index (Phi) is 5.28. The molecule has 1 aromatic carbocycles. The van der Waals surface area contributed by atoms with Crippen LogP contribution in [0.15, 0.2) is 24.3 Å². The number of benzene rings is 1. The van der Waals surface area contributed by atoms with Crippen molar-refractivity contribution in [2.75, 3.05) is 6.61 Å². The van der Waals surface area contributed by atoms with E-state index >= 15 is 0 Å². The normalized spacial score (nSPS) is 24.7. The van der Waals surface area contributed by atoms with Gasteiger partial charge in [-0.2, -0.15) is 0 Å². The minimum absolute atomic E-state index is 0.221. The van der Waals surface area contributed by atoms with E-state index in [2.05, 4.69) is 47.1 Å². The van der Waals surface area contributed by atoms with Gasteiger partial charge in [0.05, 0.1) is 12.2 Å². The van der Waals surface area contributed by atoms with Gasteiger partial charge in [-0.15, -0.1) is 0 Å². The SMILES string of the molecule is CCC1OCCC1C(Br)c1ccc(OC(C)C)cc1. The molecule has 1 aliphatic rings. The highest BCUT2D eigenvalue weighted by Crippen LogP contribution is 2.40. The van der Waals surface area contributed by atoms with Gasteiger partial charge in [0.15, 0.2) is 0 Å². The zero-order chi connectivity index (χ0) is 13.8. The van der Waals surface area contributed by atoms with Crippen LogP contribution in [-0.2, 0) is 4.74 Å². The summed E-state index contributed by atoms with van der Waals surface area (Å²) in [6, 6.07) is 8.42. The molecule has 3 unspecified atom stereocenters. The van der Waals surface area contributed by atoms with Gasteiger partial charge >= 0.3 is 0 Å². The quantitative estimate of drug-likeness (QED) is 0.728. The summed E-state index contributed by atoms with van der Waals surface area (Å²) in [5.74, 6) is 1.51. The molecule has 0 aromatic heterocycles. The molecule has 0 saturated carbocycles. The van der Waals surface area contributed by atoms with E-state index in [9.17, 15) is 0 Å². The molecule has 2 rings (SSSR count). The number of hydrogen-bond donors (Lipinski definition) is 0. The third-order valence-electron chi connectivity index (χ3n) is 3.61. The van der Waals surface area contributed by atoms with E-state index in [1.54, 1.807) is 0 Å². The van der Waals surface area contributed by atoms with Crippen molar-refractivity contribution in [1.82, 2.24) is 0 Å². The third-order valence-corrected chi connectivity index (χ3v) is 4.82. The van der Waals surface area contributed by atoms with Crippen LogP contribution >= 0.6 is 15.9 Å². The summed E-state index contributed by atoms with van der Waals surface area (Å²) in [7, 11) is 0. The van der Waals surface area contributed by atoms with Gasteiger partial charge < -0.3 is 9.47 Å². The molecule has 3 atom stereocenters. The van der Waals surface area contributed by atoms with E-state index in [4.69, 9.17) is 9.47 Å². The molecular weight excluding hydrogens is 304 g/mol. The van der Waals surface area contributed by atoms with Gasteiger partial charge in [-0.25, -0.2) is 0 Å². The average Bonchev–Trinajstić information content (AvgIpc) is 2.86. The maximum atomic E-state index is 5.78. The Morgan fingerprint density at radius 3 is 2.58 bits per heavy atom. The molecule has 1 aliphatic heterocycles. The van der Waals surface area contributed by atoms with Gasteiger partial charge in [0, 0.05) is 17.4 Å². The number of alkyl halides is 1. The standard InChI is InChI=1S/C16H23BrO2/c1-4-15-14(9-10-18-15)16(17)12-5-7-13(8-6-12)19-11(2)3/h5-8,11,14-16H,4,9-10H2,1-3H3. The van der Waals surface area contributed by atoms with Crippen LogP contribution in [0.1, 0.15) is 44.0 Å². The number of rotatable bonds is 5. The molecule has 2 nitrogen and oxygen atoms in total. The maximum absolute atomic E-state index is 5.78. The lowest BCUT2D eigenvalue weighted by Gasteiger charge is -2.23. The fraction of sp³-hybridized carbons (Fsp3) is 0.625. The summed E-state index contributed by atoms with van der Waals surface area (Å²) < 4.78 is 11.5. The highest BCUT2D eigenvalue weighted by molar-refractivity contribution is 9.09. The first-order valence-electron chi connectivity index (χ1n) is 7.14. The molecule has 0 N–H and O–H groups in total. The molecular formula is C16H23BrO2. The van der Waals surface area contributed by atoms with Crippen LogP contribution in [0.5, 0.6) is 5.75 Å². The second-order valence-electron chi connectivity index (χ2n) is 5.41. The fourth-order valence-electron chi connectivity index (χ4n) is 2.67. The van der Waals surface area contributed by atoms with Crippen LogP contribution in [0.25, 0.3) is 0 Å². The van der Waals surface area contributed by atoms with Crippen LogP contribution in [-0.4, -0.2) is 18.8 Å². The Morgan fingerprint density at radius 2 is 2.00 bits per heavy atom. The van der Waals surface area contributed by atoms with Gasteiger partial charge in [-0.1, -0.05) is 35.0 Å². The van der Waals surface area contributed by atoms with Crippen molar-refractivity contribution >= 4 is 15.9 Å². The Hall–Kier alpha value is -0.540. The first-order chi connectivity index (χ1) is 9.11. The summed E-state index contributed by atoms with van der Waals surface area (Å²) in [4.78, 5) is 0.369. The Morgan fingerprint density at radius 1 is 1.32 bits per heavy atom. The van der Waals surface area contributed by atoms with Crippen molar-refractivity contribution in [1.29, 1.82) is 0 Å². The van der Waals surface area contributed by atoms with Gasteiger partial charge in [-0.05, 0) is 44.4 Å². The predicted octanol–water partition coefficient (Wildman–Crippen LogP) is 4.72. The molecule has 1 fully saturated rings. The molecule has 3 heteroatoms. The lowest BCUT2D eigenvalue weighted by molar-refractivity contribution is 0.0873. The van der Waals surface area contributed by atoms with E-state index in [1.807, 2.05) is 13.8 Å². The molecule has 0 radical (unpaired) electrons. The Balaban J connectivity index is 2.04. The molecule has 1 aromatic rings. The third kappa shape index (κ3) is 3.73. The summed E-state index contributed by atoms with van der Waals surface area (Å²) in [5, 5.41) is 0. The summed E-state index contributed by atoms with van der Waals surface area (Å²) in [5.41, 5.74) is 1.31. The zero-order valence-electron chi connectivity index (χ0n) is 11.9. The minimum atomic E-state index is 0.221. The van der Waals surface area contributed by atoms with Gasteiger partial charge in [0.2, 0.25) is 0 Å². The molecule has 1 saturated heterocycles. The van der Waals surface area contributed by atoms with Crippen LogP contribution in [0.2, 0.25) is 0 Å². The molecule has 106 valence electrons. The van der Waals surface area contributed by atoms with Gasteiger partial charge in [0.1, 0.15) is 5.75 Å². The fourth-order valence-corrected chi connectivity index (χ4v) is 3.58. The lowest BCUT2D eigenvalue weighted by atomic mass is 9.92. The summed E-state index contributed by atoms with van der Waals surface area (Å²) >= 11 is 3.85. The van der Waals surface area contributed by atoms with E-state index in [0.29, 0.717) is 16.8 Å². The number of halogens is 1. The van der Waals surface area contributed by atoms with E-state index in [0.717, 1.165) is 25.2 Å². The summed E-state index contributed by atoms with van der Waals surface area (Å²) in [6.45, 7) is 7.17. The first kappa shape index (κ1) is 14.9. The van der Waals surface area contributed by atoms with Gasteiger partial charge in [0.25, 0.3) is 0 Å². The van der Waals surface area contributed by atoms with E-state index in [-0.39, 0.29) is 6.10 Å². The lowest BCUT2D eigenvalue weighted by Crippen LogP contribution is -2.18. The van der Waals surface area contributed by atoms with E-state index < -0.39 is 0 Å². The number of hydrogen-bond acceptors (Lipinski definition) is 2. The van der Waals surface area contributed by atoms with Gasteiger partial charge in [-0.3, -0.25) is 0 Å². The summed E-state index contributed by atoms with van der Waals surface area (Å²) in [6.07, 6.45) is 2.83. The second kappa shape index (κ2) is 6.76. The van der Waals surface area contributed by atoms with Crippen molar-refractivity contribution in [3.05, 3.63) is 29.8 Å². The maximum Gasteiger partial charge on any atom is 0.119 e. The predicted molar refractivity (Wildman–Crippen MR) is 82.0 cm³/mol. The smallest absolute Gasteiger partial charge is 0.119 e. The van der Waals surface area contributed by atoms with Crippen LogP contribution in [0.3, 0.4) is 0 Å². The van der Waals surface area contributed by atoms with Crippen molar-refractivity contribution in [2.24, 2.45) is 5.92 Å². The minimum Gasteiger partial charge on any atom is -0.491 e.